The summed E-state index contributed by atoms with van der Waals surface area (Å²) in [6, 6.07) is 19.3. The molecule has 1 saturated heterocycles. The van der Waals surface area contributed by atoms with Crippen LogP contribution in [0.3, 0.4) is 0 Å². The fourth-order valence-corrected chi connectivity index (χ4v) is 4.52. The summed E-state index contributed by atoms with van der Waals surface area (Å²) >= 11 is 0. The largest absolute Gasteiger partial charge is 0.493 e. The normalized spacial score (nSPS) is 18.0. The molecule has 34 heavy (non-hydrogen) atoms. The fourth-order valence-electron chi connectivity index (χ4n) is 4.52. The van der Waals surface area contributed by atoms with E-state index in [1.807, 2.05) is 30.3 Å². The molecule has 0 bridgehead atoms. The average molecular weight is 454 g/mol. The maximum absolute atomic E-state index is 13.6. The number of furan rings is 1. The number of carbonyl (C=O) groups is 3. The molecular weight excluding hydrogens is 432 g/mol. The smallest absolute Gasteiger partial charge is 0.291 e. The van der Waals surface area contributed by atoms with Crippen molar-refractivity contribution in [2.24, 2.45) is 5.92 Å². The van der Waals surface area contributed by atoms with Crippen LogP contribution in [0.15, 0.2) is 83.5 Å². The molecule has 1 aliphatic heterocycles. The van der Waals surface area contributed by atoms with Crippen LogP contribution in [0.5, 0.6) is 5.75 Å². The molecule has 2 unspecified atom stereocenters. The number of aromatic nitrogens is 1. The molecule has 7 nitrogen and oxygen atoms in total. The van der Waals surface area contributed by atoms with Crippen LogP contribution in [0.4, 0.5) is 0 Å². The van der Waals surface area contributed by atoms with E-state index in [0.29, 0.717) is 35.2 Å². The summed E-state index contributed by atoms with van der Waals surface area (Å²) in [6.07, 6.45) is 3.76. The number of carbonyl (C=O) groups excluding carboxylic acids is 3. The number of para-hydroxylation sites is 1. The molecule has 5 rings (SSSR count). The second-order valence-electron chi connectivity index (χ2n) is 8.16. The highest BCUT2D eigenvalue weighted by Gasteiger charge is 2.52. The van der Waals surface area contributed by atoms with Crippen LogP contribution < -0.4 is 4.74 Å². The lowest BCUT2D eigenvalue weighted by molar-refractivity contribution is -0.140. The molecule has 2 aromatic heterocycles. The van der Waals surface area contributed by atoms with Gasteiger partial charge in [-0.25, -0.2) is 0 Å². The van der Waals surface area contributed by atoms with Gasteiger partial charge >= 0.3 is 0 Å². The van der Waals surface area contributed by atoms with Gasteiger partial charge < -0.3 is 14.1 Å². The van der Waals surface area contributed by atoms with E-state index >= 15 is 0 Å². The summed E-state index contributed by atoms with van der Waals surface area (Å²) in [7, 11) is 1.51. The molecule has 1 fully saturated rings. The molecule has 2 aromatic carbocycles. The number of Topliss-reactive ketones (excluding diaryl/α,β-unsaturated/α-hetero) is 2. The summed E-state index contributed by atoms with van der Waals surface area (Å²) in [5.41, 5.74) is 2.08. The molecule has 4 aromatic rings. The third-order valence-electron chi connectivity index (χ3n) is 6.17. The Morgan fingerprint density at radius 2 is 1.88 bits per heavy atom. The minimum absolute atomic E-state index is 0.0180. The average Bonchev–Trinajstić information content (AvgIpc) is 3.43. The summed E-state index contributed by atoms with van der Waals surface area (Å²) in [4.78, 5) is 45.5. The van der Waals surface area contributed by atoms with Crippen LogP contribution in [0.2, 0.25) is 0 Å². The Morgan fingerprint density at radius 1 is 1.06 bits per heavy atom. The number of likely N-dealkylation sites (tertiary alicyclic amines) is 1. The molecule has 3 heterocycles. The lowest BCUT2D eigenvalue weighted by Gasteiger charge is -2.26. The number of hydrogen-bond acceptors (Lipinski definition) is 6. The molecule has 0 radical (unpaired) electrons. The molecule has 1 aliphatic rings. The van der Waals surface area contributed by atoms with Crippen molar-refractivity contribution < 1.29 is 23.5 Å². The Hall–Kier alpha value is -4.26. The predicted molar refractivity (Wildman–Crippen MR) is 124 cm³/mol. The van der Waals surface area contributed by atoms with Crippen LogP contribution in [0.1, 0.15) is 27.7 Å². The van der Waals surface area contributed by atoms with Gasteiger partial charge in [-0.2, -0.15) is 0 Å². The number of nitrogens with zero attached hydrogens (tertiary/aromatic N) is 2. The Morgan fingerprint density at radius 3 is 2.62 bits per heavy atom. The second kappa shape index (κ2) is 8.94. The number of fused-ring (bicyclic) bond motifs is 1. The first kappa shape index (κ1) is 21.6. The van der Waals surface area contributed by atoms with E-state index in [4.69, 9.17) is 9.15 Å². The van der Waals surface area contributed by atoms with Crippen molar-refractivity contribution in [3.63, 3.8) is 0 Å². The second-order valence-corrected chi connectivity index (χ2v) is 8.16. The molecule has 0 spiro atoms. The highest BCUT2D eigenvalue weighted by Crippen LogP contribution is 2.39. The number of methoxy groups -OCH3 is 1. The molecule has 7 heteroatoms. The van der Waals surface area contributed by atoms with Gasteiger partial charge in [0.05, 0.1) is 13.2 Å². The van der Waals surface area contributed by atoms with Crippen LogP contribution >= 0.6 is 0 Å². The van der Waals surface area contributed by atoms with Gasteiger partial charge in [0, 0.05) is 24.3 Å². The number of ether oxygens (including phenoxy) is 1. The molecule has 0 saturated carbocycles. The van der Waals surface area contributed by atoms with Crippen molar-refractivity contribution in [2.75, 3.05) is 13.7 Å². The van der Waals surface area contributed by atoms with Crippen molar-refractivity contribution in [3.05, 3.63) is 96.0 Å². The third-order valence-corrected chi connectivity index (χ3v) is 6.17. The van der Waals surface area contributed by atoms with Crippen LogP contribution in [0, 0.1) is 5.92 Å². The van der Waals surface area contributed by atoms with Gasteiger partial charge in [0.25, 0.3) is 5.91 Å². The number of rotatable bonds is 7. The summed E-state index contributed by atoms with van der Waals surface area (Å²) in [6.45, 7) is 0.298. The molecule has 2 atom stereocenters. The van der Waals surface area contributed by atoms with Gasteiger partial charge in [-0.15, -0.1) is 0 Å². The highest BCUT2D eigenvalue weighted by molar-refractivity contribution is 6.43. The summed E-state index contributed by atoms with van der Waals surface area (Å²) < 4.78 is 11.1. The maximum Gasteiger partial charge on any atom is 0.291 e. The van der Waals surface area contributed by atoms with E-state index in [9.17, 15) is 14.4 Å². The van der Waals surface area contributed by atoms with Gasteiger partial charge in [0.15, 0.2) is 17.1 Å². The number of benzene rings is 2. The zero-order chi connectivity index (χ0) is 23.7. The number of hydrogen-bond donors (Lipinski definition) is 0. The Kier molecular flexibility index (Phi) is 5.67. The third kappa shape index (κ3) is 3.75. The van der Waals surface area contributed by atoms with E-state index in [1.165, 1.54) is 12.0 Å². The van der Waals surface area contributed by atoms with Gasteiger partial charge in [-0.05, 0) is 35.7 Å². The predicted octanol–water partition coefficient (Wildman–Crippen LogP) is 4.03. The minimum atomic E-state index is -1.22. The van der Waals surface area contributed by atoms with Crippen LogP contribution in [0.25, 0.3) is 11.0 Å². The van der Waals surface area contributed by atoms with Crippen molar-refractivity contribution in [1.82, 2.24) is 9.88 Å². The number of amides is 1. The topological polar surface area (TPSA) is 89.7 Å². The lowest BCUT2D eigenvalue weighted by atomic mass is 9.89. The quantitative estimate of drug-likeness (QED) is 0.238. The Balaban J connectivity index is 1.52. The lowest BCUT2D eigenvalue weighted by Crippen LogP contribution is -2.32. The van der Waals surface area contributed by atoms with Crippen molar-refractivity contribution in [3.8, 4) is 5.75 Å². The maximum atomic E-state index is 13.6. The molecular formula is C27H22N2O5. The van der Waals surface area contributed by atoms with Crippen molar-refractivity contribution in [2.45, 2.75) is 12.5 Å². The fraction of sp³-hybridized carbons (Fsp3) is 0.185. The molecule has 0 N–H and O–H groups in total. The highest BCUT2D eigenvalue weighted by atomic mass is 16.5. The van der Waals surface area contributed by atoms with Gasteiger partial charge in [0.1, 0.15) is 5.92 Å². The zero-order valence-electron chi connectivity index (χ0n) is 18.5. The van der Waals surface area contributed by atoms with E-state index in [2.05, 4.69) is 4.98 Å². The van der Waals surface area contributed by atoms with E-state index < -0.39 is 29.4 Å². The van der Waals surface area contributed by atoms with Crippen molar-refractivity contribution in [1.29, 1.82) is 0 Å². The summed E-state index contributed by atoms with van der Waals surface area (Å²) in [5.74, 6) is -2.66. The van der Waals surface area contributed by atoms with Gasteiger partial charge in [0.2, 0.25) is 11.6 Å². The Bertz CT molecular complexity index is 1360. The van der Waals surface area contributed by atoms with E-state index in [1.54, 1.807) is 48.8 Å². The molecule has 0 aliphatic carbocycles. The number of ketones is 2. The minimum Gasteiger partial charge on any atom is -0.493 e. The van der Waals surface area contributed by atoms with Gasteiger partial charge in [-0.1, -0.05) is 48.5 Å². The first-order valence-corrected chi connectivity index (χ1v) is 11.0. The number of pyridine rings is 1. The first-order chi connectivity index (χ1) is 16.6. The standard InChI is InChI=1S/C27H22N2O5/c1-33-20-11-5-9-18-15-21(34-26(18)20)24(30)22-23(19-10-6-13-28-16-19)29(27(32)25(22)31)14-12-17-7-3-2-4-8-17/h2-11,13,15-16,22-23H,12,14H2,1H3. The zero-order valence-corrected chi connectivity index (χ0v) is 18.5. The first-order valence-electron chi connectivity index (χ1n) is 11.0. The van der Waals surface area contributed by atoms with Crippen LogP contribution in [-0.4, -0.2) is 41.0 Å². The monoisotopic (exact) mass is 454 g/mol. The molecule has 170 valence electrons. The van der Waals surface area contributed by atoms with Crippen molar-refractivity contribution >= 4 is 28.4 Å². The SMILES string of the molecule is COc1cccc2cc(C(=O)C3C(=O)C(=O)N(CCc4ccccc4)C3c3cccnc3)oc12. The van der Waals surface area contributed by atoms with E-state index in [0.717, 1.165) is 5.56 Å². The van der Waals surface area contributed by atoms with E-state index in [-0.39, 0.29) is 5.76 Å². The van der Waals surface area contributed by atoms with Gasteiger partial charge in [-0.3, -0.25) is 19.4 Å². The molecule has 1 amide bonds. The Labute approximate surface area is 196 Å². The van der Waals surface area contributed by atoms with Crippen LogP contribution in [-0.2, 0) is 16.0 Å². The summed E-state index contributed by atoms with van der Waals surface area (Å²) in [5, 5.41) is 0.679.